The Kier molecular flexibility index (Phi) is 4.86. The highest BCUT2D eigenvalue weighted by atomic mass is 16.3. The maximum Gasteiger partial charge on any atom is 0.319 e. The topological polar surface area (TPSA) is 64.1 Å². The molecule has 2 rings (SSSR count). The quantitative estimate of drug-likeness (QED) is 0.756. The van der Waals surface area contributed by atoms with E-state index in [1.807, 2.05) is 0 Å². The van der Waals surface area contributed by atoms with Crippen molar-refractivity contribution in [3.8, 4) is 0 Å². The molecule has 6 heteroatoms. The van der Waals surface area contributed by atoms with Crippen LogP contribution in [0.4, 0.5) is 4.79 Å². The maximum atomic E-state index is 12.4. The van der Waals surface area contributed by atoms with Gasteiger partial charge in [0.25, 0.3) is 0 Å². The van der Waals surface area contributed by atoms with Crippen LogP contribution in [0.5, 0.6) is 0 Å². The predicted octanol–water partition coefficient (Wildman–Crippen LogP) is 0.363. The van der Waals surface area contributed by atoms with E-state index in [0.717, 1.165) is 32.2 Å². The zero-order valence-electron chi connectivity index (χ0n) is 12.4. The van der Waals surface area contributed by atoms with Crippen molar-refractivity contribution in [2.75, 3.05) is 40.3 Å². The van der Waals surface area contributed by atoms with Crippen molar-refractivity contribution in [2.24, 2.45) is 5.92 Å². The van der Waals surface area contributed by atoms with Gasteiger partial charge in [0.2, 0.25) is 5.91 Å². The van der Waals surface area contributed by atoms with Gasteiger partial charge in [-0.05, 0) is 25.7 Å². The van der Waals surface area contributed by atoms with Crippen molar-refractivity contribution in [1.29, 1.82) is 0 Å². The molecule has 0 aromatic heterocycles. The lowest BCUT2D eigenvalue weighted by Gasteiger charge is -2.37. The molecule has 1 N–H and O–H groups in total. The van der Waals surface area contributed by atoms with Gasteiger partial charge in [0, 0.05) is 46.2 Å². The largest absolute Gasteiger partial charge is 0.391 e. The number of amides is 3. The van der Waals surface area contributed by atoms with Gasteiger partial charge in [-0.25, -0.2) is 4.79 Å². The van der Waals surface area contributed by atoms with Crippen LogP contribution in [0, 0.1) is 5.92 Å². The van der Waals surface area contributed by atoms with Gasteiger partial charge in [-0.15, -0.1) is 0 Å². The second-order valence-electron chi connectivity index (χ2n) is 6.02. The fourth-order valence-electron chi connectivity index (χ4n) is 3.01. The number of likely N-dealkylation sites (tertiary alicyclic amines) is 2. The lowest BCUT2D eigenvalue weighted by molar-refractivity contribution is -0.140. The Hall–Kier alpha value is -1.30. The molecule has 114 valence electrons. The molecule has 3 amide bonds. The molecule has 0 unspecified atom stereocenters. The van der Waals surface area contributed by atoms with Gasteiger partial charge >= 0.3 is 6.03 Å². The van der Waals surface area contributed by atoms with Crippen molar-refractivity contribution in [2.45, 2.75) is 31.8 Å². The average Bonchev–Trinajstić information content (AvgIpc) is 2.46. The number of urea groups is 1. The molecule has 20 heavy (non-hydrogen) atoms. The fraction of sp³-hybridized carbons (Fsp3) is 0.857. The molecule has 2 aliphatic heterocycles. The summed E-state index contributed by atoms with van der Waals surface area (Å²) < 4.78 is 0. The Balaban J connectivity index is 1.84. The third kappa shape index (κ3) is 3.42. The second-order valence-corrected chi connectivity index (χ2v) is 6.02. The highest BCUT2D eigenvalue weighted by Crippen LogP contribution is 2.22. The van der Waals surface area contributed by atoms with Crippen LogP contribution in [-0.2, 0) is 4.79 Å². The summed E-state index contributed by atoms with van der Waals surface area (Å²) in [4.78, 5) is 29.4. The molecule has 2 saturated heterocycles. The molecule has 2 heterocycles. The lowest BCUT2D eigenvalue weighted by Crippen LogP contribution is -2.49. The first-order valence-corrected chi connectivity index (χ1v) is 7.42. The summed E-state index contributed by atoms with van der Waals surface area (Å²) in [5, 5.41) is 9.65. The third-order valence-electron chi connectivity index (χ3n) is 4.21. The summed E-state index contributed by atoms with van der Waals surface area (Å²) in [5.74, 6) is 0.159. The number of piperidine rings is 2. The Labute approximate surface area is 120 Å². The van der Waals surface area contributed by atoms with Gasteiger partial charge < -0.3 is 19.8 Å². The average molecular weight is 283 g/mol. The first-order valence-electron chi connectivity index (χ1n) is 7.42. The van der Waals surface area contributed by atoms with Crippen LogP contribution in [-0.4, -0.2) is 78.1 Å². The van der Waals surface area contributed by atoms with E-state index in [1.54, 1.807) is 28.8 Å². The summed E-state index contributed by atoms with van der Waals surface area (Å²) in [6.45, 7) is 2.51. The standard InChI is InChI=1S/C14H25N3O3/c1-15(2)14(20)16-8-5-11(6-9-16)13(19)17-7-3-4-12(18)10-17/h11-12,18H,3-10H2,1-2H3/t12-/m0/s1. The van der Waals surface area contributed by atoms with Crippen molar-refractivity contribution in [3.05, 3.63) is 0 Å². The Morgan fingerprint density at radius 2 is 1.70 bits per heavy atom. The Morgan fingerprint density at radius 3 is 2.25 bits per heavy atom. The van der Waals surface area contributed by atoms with E-state index in [9.17, 15) is 14.7 Å². The zero-order valence-corrected chi connectivity index (χ0v) is 12.4. The van der Waals surface area contributed by atoms with Crippen LogP contribution in [0.15, 0.2) is 0 Å². The predicted molar refractivity (Wildman–Crippen MR) is 75.2 cm³/mol. The summed E-state index contributed by atoms with van der Waals surface area (Å²) in [7, 11) is 3.49. The van der Waals surface area contributed by atoms with Gasteiger partial charge in [-0.2, -0.15) is 0 Å². The molecule has 0 bridgehead atoms. The molecule has 2 aliphatic rings. The van der Waals surface area contributed by atoms with Gasteiger partial charge in [0.15, 0.2) is 0 Å². The molecule has 0 aromatic rings. The molecule has 0 aromatic carbocycles. The normalized spacial score (nSPS) is 24.6. The molecule has 0 saturated carbocycles. The van der Waals surface area contributed by atoms with Crippen LogP contribution in [0.3, 0.4) is 0 Å². The number of carbonyl (C=O) groups excluding carboxylic acids is 2. The van der Waals surface area contributed by atoms with E-state index in [4.69, 9.17) is 0 Å². The number of aliphatic hydroxyl groups is 1. The fourth-order valence-corrected chi connectivity index (χ4v) is 3.01. The number of hydrogen-bond acceptors (Lipinski definition) is 3. The molecule has 0 aliphatic carbocycles. The van der Waals surface area contributed by atoms with Gasteiger partial charge in [-0.1, -0.05) is 0 Å². The SMILES string of the molecule is CN(C)C(=O)N1CCC(C(=O)N2CCC[C@H](O)C2)CC1. The van der Waals surface area contributed by atoms with Crippen molar-refractivity contribution >= 4 is 11.9 Å². The van der Waals surface area contributed by atoms with E-state index in [0.29, 0.717) is 19.6 Å². The second kappa shape index (κ2) is 6.43. The van der Waals surface area contributed by atoms with Crippen molar-refractivity contribution in [3.63, 3.8) is 0 Å². The summed E-state index contributed by atoms with van der Waals surface area (Å²) in [5.41, 5.74) is 0. The number of hydrogen-bond donors (Lipinski definition) is 1. The van der Waals surface area contributed by atoms with Gasteiger partial charge in [-0.3, -0.25) is 4.79 Å². The number of carbonyl (C=O) groups is 2. The summed E-state index contributed by atoms with van der Waals surface area (Å²) >= 11 is 0. The van der Waals surface area contributed by atoms with Crippen LogP contribution in [0.2, 0.25) is 0 Å². The Morgan fingerprint density at radius 1 is 1.05 bits per heavy atom. The number of nitrogens with zero attached hydrogens (tertiary/aromatic N) is 3. The first-order chi connectivity index (χ1) is 9.49. The molecule has 0 spiro atoms. The highest BCUT2D eigenvalue weighted by Gasteiger charge is 2.32. The number of β-amino-alcohol motifs (C(OH)–C–C–N with tert-alkyl or cyclic N) is 1. The van der Waals surface area contributed by atoms with Crippen LogP contribution < -0.4 is 0 Å². The van der Waals surface area contributed by atoms with Crippen molar-refractivity contribution in [1.82, 2.24) is 14.7 Å². The van der Waals surface area contributed by atoms with Gasteiger partial charge in [0.1, 0.15) is 0 Å². The first kappa shape index (κ1) is 15.1. The smallest absolute Gasteiger partial charge is 0.319 e. The molecule has 1 atom stereocenters. The molecular formula is C14H25N3O3. The van der Waals surface area contributed by atoms with E-state index in [1.165, 1.54) is 0 Å². The molecule has 2 fully saturated rings. The third-order valence-corrected chi connectivity index (χ3v) is 4.21. The van der Waals surface area contributed by atoms with E-state index in [-0.39, 0.29) is 24.0 Å². The van der Waals surface area contributed by atoms with Crippen LogP contribution in [0.1, 0.15) is 25.7 Å². The number of rotatable bonds is 1. The minimum atomic E-state index is -0.372. The van der Waals surface area contributed by atoms with E-state index < -0.39 is 0 Å². The summed E-state index contributed by atoms with van der Waals surface area (Å²) in [6.07, 6.45) is 2.75. The van der Waals surface area contributed by atoms with Crippen molar-refractivity contribution < 1.29 is 14.7 Å². The monoisotopic (exact) mass is 283 g/mol. The van der Waals surface area contributed by atoms with E-state index in [2.05, 4.69) is 0 Å². The minimum absolute atomic E-state index is 0.00603. The van der Waals surface area contributed by atoms with Crippen LogP contribution >= 0.6 is 0 Å². The summed E-state index contributed by atoms with van der Waals surface area (Å²) in [6, 6.07) is 0.0179. The lowest BCUT2D eigenvalue weighted by atomic mass is 9.94. The Bertz CT molecular complexity index is 365. The minimum Gasteiger partial charge on any atom is -0.391 e. The zero-order chi connectivity index (χ0) is 14.7. The van der Waals surface area contributed by atoms with E-state index >= 15 is 0 Å². The van der Waals surface area contributed by atoms with Gasteiger partial charge in [0.05, 0.1) is 6.10 Å². The number of aliphatic hydroxyl groups excluding tert-OH is 1. The molecule has 0 radical (unpaired) electrons. The maximum absolute atomic E-state index is 12.4. The molecule has 6 nitrogen and oxygen atoms in total. The van der Waals surface area contributed by atoms with Crippen LogP contribution in [0.25, 0.3) is 0 Å². The molecular weight excluding hydrogens is 258 g/mol. The highest BCUT2D eigenvalue weighted by molar-refractivity contribution is 5.80.